The zero-order chi connectivity index (χ0) is 15.2. The summed E-state index contributed by atoms with van der Waals surface area (Å²) in [5.41, 5.74) is 2.70. The van der Waals surface area contributed by atoms with Gasteiger partial charge in [0, 0.05) is 17.0 Å². The van der Waals surface area contributed by atoms with Crippen molar-refractivity contribution in [3.63, 3.8) is 0 Å². The van der Waals surface area contributed by atoms with E-state index in [1.807, 2.05) is 17.8 Å². The van der Waals surface area contributed by atoms with Crippen molar-refractivity contribution in [3.05, 3.63) is 29.3 Å². The highest BCUT2D eigenvalue weighted by Gasteiger charge is 2.32. The highest BCUT2D eigenvalue weighted by molar-refractivity contribution is 8.00. The van der Waals surface area contributed by atoms with Crippen LogP contribution < -0.4 is 10.1 Å². The van der Waals surface area contributed by atoms with Crippen molar-refractivity contribution in [2.45, 2.75) is 31.1 Å². The zero-order valence-electron chi connectivity index (χ0n) is 12.8. The molecule has 5 heteroatoms. The van der Waals surface area contributed by atoms with Crippen LogP contribution in [0.4, 0.5) is 0 Å². The van der Waals surface area contributed by atoms with Crippen molar-refractivity contribution in [1.29, 1.82) is 0 Å². The summed E-state index contributed by atoms with van der Waals surface area (Å²) in [6.07, 6.45) is 1.50. The summed E-state index contributed by atoms with van der Waals surface area (Å²) in [4.78, 5) is 11.2. The van der Waals surface area contributed by atoms with Gasteiger partial charge in [0.15, 0.2) is 0 Å². The molecule has 116 valence electrons. The van der Waals surface area contributed by atoms with Gasteiger partial charge in [0.05, 0.1) is 20.6 Å². The normalized spacial score (nSPS) is 20.1. The Balaban J connectivity index is 2.04. The van der Waals surface area contributed by atoms with Crippen LogP contribution in [0.5, 0.6) is 5.75 Å². The third-order valence-corrected chi connectivity index (χ3v) is 5.08. The fourth-order valence-corrected chi connectivity index (χ4v) is 4.04. The quantitative estimate of drug-likeness (QED) is 0.785. The maximum atomic E-state index is 11.2. The Morgan fingerprint density at radius 1 is 1.43 bits per heavy atom. The molecule has 0 saturated carbocycles. The molecule has 0 fully saturated rings. The van der Waals surface area contributed by atoms with E-state index < -0.39 is 0 Å². The molecule has 0 amide bonds. The third kappa shape index (κ3) is 3.92. The van der Waals surface area contributed by atoms with Crippen LogP contribution in [0.1, 0.15) is 30.5 Å². The second kappa shape index (κ2) is 7.71. The molecule has 0 saturated heterocycles. The van der Waals surface area contributed by atoms with Gasteiger partial charge in [-0.25, -0.2) is 0 Å². The van der Waals surface area contributed by atoms with Gasteiger partial charge in [-0.3, -0.25) is 4.79 Å². The second-order valence-electron chi connectivity index (χ2n) is 5.04. The number of rotatable bonds is 7. The maximum Gasteiger partial charge on any atom is 0.306 e. The largest absolute Gasteiger partial charge is 0.497 e. The highest BCUT2D eigenvalue weighted by Crippen LogP contribution is 2.40. The number of hydrogen-bond acceptors (Lipinski definition) is 5. The molecule has 1 aromatic carbocycles. The van der Waals surface area contributed by atoms with E-state index in [2.05, 4.69) is 24.4 Å². The smallest absolute Gasteiger partial charge is 0.306 e. The number of ether oxygens (including phenoxy) is 2. The summed E-state index contributed by atoms with van der Waals surface area (Å²) in [6, 6.07) is 6.62. The predicted molar refractivity (Wildman–Crippen MR) is 86.0 cm³/mol. The fourth-order valence-electron chi connectivity index (χ4n) is 2.72. The van der Waals surface area contributed by atoms with Gasteiger partial charge in [-0.1, -0.05) is 13.0 Å². The first-order valence-electron chi connectivity index (χ1n) is 7.28. The van der Waals surface area contributed by atoms with Gasteiger partial charge >= 0.3 is 5.97 Å². The Morgan fingerprint density at radius 3 is 2.90 bits per heavy atom. The van der Waals surface area contributed by atoms with Gasteiger partial charge in [-0.15, -0.1) is 0 Å². The number of methoxy groups -OCH3 is 2. The SMILES string of the molecule is CCNC1c2cc(OC)ccc2CC1SCCC(=O)OC. The molecule has 1 aliphatic rings. The van der Waals surface area contributed by atoms with Crippen LogP contribution >= 0.6 is 11.8 Å². The topological polar surface area (TPSA) is 47.6 Å². The summed E-state index contributed by atoms with van der Waals surface area (Å²) in [5.74, 6) is 1.56. The van der Waals surface area contributed by atoms with Crippen LogP contribution in [-0.2, 0) is 16.0 Å². The summed E-state index contributed by atoms with van der Waals surface area (Å²) in [5, 5.41) is 4.02. The minimum atomic E-state index is -0.139. The Morgan fingerprint density at radius 2 is 2.24 bits per heavy atom. The molecule has 0 heterocycles. The van der Waals surface area contributed by atoms with Crippen molar-refractivity contribution >= 4 is 17.7 Å². The van der Waals surface area contributed by atoms with Gasteiger partial charge in [-0.05, 0) is 36.2 Å². The fraction of sp³-hybridized carbons (Fsp3) is 0.562. The first-order valence-corrected chi connectivity index (χ1v) is 8.33. The van der Waals surface area contributed by atoms with E-state index >= 15 is 0 Å². The molecule has 2 unspecified atom stereocenters. The minimum absolute atomic E-state index is 0.139. The Bertz CT molecular complexity index is 492. The number of hydrogen-bond donors (Lipinski definition) is 1. The van der Waals surface area contributed by atoms with Crippen LogP contribution in [0.25, 0.3) is 0 Å². The van der Waals surface area contributed by atoms with Crippen molar-refractivity contribution in [2.24, 2.45) is 0 Å². The molecule has 0 spiro atoms. The molecule has 1 N–H and O–H groups in total. The Kier molecular flexibility index (Phi) is 5.94. The average Bonchev–Trinajstić information content (AvgIpc) is 2.84. The molecule has 0 aliphatic heterocycles. The Labute approximate surface area is 130 Å². The number of esters is 1. The van der Waals surface area contributed by atoms with E-state index in [0.717, 1.165) is 24.5 Å². The number of thioether (sulfide) groups is 1. The van der Waals surface area contributed by atoms with E-state index in [0.29, 0.717) is 17.7 Å². The lowest BCUT2D eigenvalue weighted by Crippen LogP contribution is -2.27. The maximum absolute atomic E-state index is 11.2. The van der Waals surface area contributed by atoms with E-state index in [4.69, 9.17) is 9.47 Å². The predicted octanol–water partition coefficient (Wildman–Crippen LogP) is 2.57. The van der Waals surface area contributed by atoms with Gasteiger partial charge in [0.2, 0.25) is 0 Å². The van der Waals surface area contributed by atoms with Crippen molar-refractivity contribution in [3.8, 4) is 5.75 Å². The van der Waals surface area contributed by atoms with Crippen molar-refractivity contribution < 1.29 is 14.3 Å². The molecule has 21 heavy (non-hydrogen) atoms. The average molecular weight is 309 g/mol. The van der Waals surface area contributed by atoms with Crippen molar-refractivity contribution in [1.82, 2.24) is 5.32 Å². The minimum Gasteiger partial charge on any atom is -0.497 e. The van der Waals surface area contributed by atoms with Crippen LogP contribution in [0.3, 0.4) is 0 Å². The highest BCUT2D eigenvalue weighted by atomic mass is 32.2. The summed E-state index contributed by atoms with van der Waals surface area (Å²) >= 11 is 1.84. The van der Waals surface area contributed by atoms with Gasteiger partial charge in [0.1, 0.15) is 5.75 Å². The van der Waals surface area contributed by atoms with Gasteiger partial charge < -0.3 is 14.8 Å². The molecule has 4 nitrogen and oxygen atoms in total. The van der Waals surface area contributed by atoms with Gasteiger partial charge in [0.25, 0.3) is 0 Å². The van der Waals surface area contributed by atoms with E-state index in [1.54, 1.807) is 7.11 Å². The monoisotopic (exact) mass is 309 g/mol. The van der Waals surface area contributed by atoms with E-state index in [-0.39, 0.29) is 5.97 Å². The molecule has 0 aromatic heterocycles. The molecule has 2 atom stereocenters. The Hall–Kier alpha value is -1.20. The molecule has 1 aromatic rings. The van der Waals surface area contributed by atoms with Crippen LogP contribution in [0.15, 0.2) is 18.2 Å². The molecule has 1 aliphatic carbocycles. The molecule has 0 bridgehead atoms. The third-order valence-electron chi connectivity index (χ3n) is 3.77. The van der Waals surface area contributed by atoms with Crippen LogP contribution in [0, 0.1) is 0 Å². The molecule has 2 rings (SSSR count). The lowest BCUT2D eigenvalue weighted by molar-refractivity contribution is -0.140. The number of carbonyl (C=O) groups is 1. The number of fused-ring (bicyclic) bond motifs is 1. The summed E-state index contributed by atoms with van der Waals surface area (Å²) in [7, 11) is 3.13. The van der Waals surface area contributed by atoms with Gasteiger partial charge in [-0.2, -0.15) is 11.8 Å². The first kappa shape index (κ1) is 16.2. The summed E-state index contributed by atoms with van der Waals surface area (Å²) in [6.45, 7) is 3.05. The number of benzene rings is 1. The standard InChI is InChI=1S/C16H23NO3S/c1-4-17-16-13-10-12(19-2)6-5-11(13)9-14(16)21-8-7-15(18)20-3/h5-6,10,14,16-17H,4,7-9H2,1-3H3. The zero-order valence-corrected chi connectivity index (χ0v) is 13.7. The van der Waals surface area contributed by atoms with Crippen LogP contribution in [0.2, 0.25) is 0 Å². The first-order chi connectivity index (χ1) is 10.2. The van der Waals surface area contributed by atoms with Crippen LogP contribution in [-0.4, -0.2) is 37.7 Å². The number of carbonyl (C=O) groups excluding carboxylic acids is 1. The lowest BCUT2D eigenvalue weighted by atomic mass is 10.1. The summed E-state index contributed by atoms with van der Waals surface area (Å²) < 4.78 is 10.0. The molecule has 0 radical (unpaired) electrons. The second-order valence-corrected chi connectivity index (χ2v) is 6.39. The molecular formula is C16H23NO3S. The number of nitrogens with one attached hydrogen (secondary N) is 1. The van der Waals surface area contributed by atoms with Crippen molar-refractivity contribution in [2.75, 3.05) is 26.5 Å². The molecular weight excluding hydrogens is 286 g/mol. The van der Waals surface area contributed by atoms with E-state index in [1.165, 1.54) is 18.2 Å². The van der Waals surface area contributed by atoms with E-state index in [9.17, 15) is 4.79 Å². The lowest BCUT2D eigenvalue weighted by Gasteiger charge is -2.21.